The van der Waals surface area contributed by atoms with Gasteiger partial charge in [-0.15, -0.1) is 6.58 Å². The maximum atomic E-state index is 12.7. The zero-order chi connectivity index (χ0) is 15.6. The Kier molecular flexibility index (Phi) is 4.49. The molecule has 4 heteroatoms. The first kappa shape index (κ1) is 15.7. The number of allylic oxidation sites excluding steroid dienone is 2. The van der Waals surface area contributed by atoms with Gasteiger partial charge >= 0.3 is 0 Å². The average molecular weight is 303 g/mol. The summed E-state index contributed by atoms with van der Waals surface area (Å²) < 4.78 is 26.9. The van der Waals surface area contributed by atoms with Crippen LogP contribution >= 0.6 is 0 Å². The van der Waals surface area contributed by atoms with Gasteiger partial charge in [-0.1, -0.05) is 42.0 Å². The molecule has 0 spiro atoms. The molecule has 0 N–H and O–H groups in total. The van der Waals surface area contributed by atoms with E-state index < -0.39 is 10.0 Å². The van der Waals surface area contributed by atoms with Crippen LogP contribution in [-0.4, -0.2) is 25.8 Å². The van der Waals surface area contributed by atoms with Crippen molar-refractivity contribution in [1.82, 2.24) is 4.31 Å². The van der Waals surface area contributed by atoms with Crippen molar-refractivity contribution in [3.63, 3.8) is 0 Å². The van der Waals surface area contributed by atoms with E-state index in [-0.39, 0.29) is 5.92 Å². The van der Waals surface area contributed by atoms with Crippen molar-refractivity contribution in [2.24, 2.45) is 5.92 Å². The lowest BCUT2D eigenvalue weighted by Gasteiger charge is -2.15. The van der Waals surface area contributed by atoms with E-state index in [9.17, 15) is 8.42 Å². The predicted molar refractivity (Wildman–Crippen MR) is 86.5 cm³/mol. The lowest BCUT2D eigenvalue weighted by molar-refractivity contribution is 0.471. The Morgan fingerprint density at radius 3 is 2.48 bits per heavy atom. The smallest absolute Gasteiger partial charge is 0.207 e. The molecule has 1 saturated heterocycles. The van der Waals surface area contributed by atoms with E-state index in [1.54, 1.807) is 18.2 Å². The Hall–Kier alpha value is -1.65. The lowest BCUT2D eigenvalue weighted by Crippen LogP contribution is -2.28. The molecule has 1 aromatic rings. The summed E-state index contributed by atoms with van der Waals surface area (Å²) in [5.74, 6) is 0.0573. The van der Waals surface area contributed by atoms with Gasteiger partial charge in [-0.05, 0) is 31.6 Å². The molecule has 112 valence electrons. The van der Waals surface area contributed by atoms with Gasteiger partial charge in [-0.2, -0.15) is 4.31 Å². The topological polar surface area (TPSA) is 37.4 Å². The summed E-state index contributed by atoms with van der Waals surface area (Å²) in [6.45, 7) is 12.4. The lowest BCUT2D eigenvalue weighted by atomic mass is 10.0. The number of nitrogens with zero attached hydrogens (tertiary/aromatic N) is 1. The molecule has 1 aliphatic rings. The molecule has 0 aliphatic carbocycles. The maximum absolute atomic E-state index is 12.7. The van der Waals surface area contributed by atoms with Gasteiger partial charge in [0.15, 0.2) is 0 Å². The second kappa shape index (κ2) is 6.00. The molecule has 1 unspecified atom stereocenters. The number of rotatable bonds is 4. The van der Waals surface area contributed by atoms with Gasteiger partial charge < -0.3 is 0 Å². The summed E-state index contributed by atoms with van der Waals surface area (Å²) >= 11 is 0. The summed E-state index contributed by atoms with van der Waals surface area (Å²) in [4.78, 5) is 0.340. The molecule has 1 aliphatic heterocycles. The second-order valence-corrected chi connectivity index (χ2v) is 7.46. The molecule has 1 heterocycles. The van der Waals surface area contributed by atoms with E-state index >= 15 is 0 Å². The third kappa shape index (κ3) is 3.34. The summed E-state index contributed by atoms with van der Waals surface area (Å²) in [6, 6.07) is 6.96. The molecular formula is C17H21NO2S. The van der Waals surface area contributed by atoms with E-state index in [0.29, 0.717) is 18.0 Å². The molecule has 0 aromatic heterocycles. The minimum atomic E-state index is -3.45. The number of sulfonamides is 1. The molecular weight excluding hydrogens is 282 g/mol. The fourth-order valence-electron chi connectivity index (χ4n) is 2.46. The van der Waals surface area contributed by atoms with Crippen molar-refractivity contribution in [2.75, 3.05) is 13.1 Å². The Labute approximate surface area is 127 Å². The zero-order valence-corrected chi connectivity index (χ0v) is 13.4. The highest BCUT2D eigenvalue weighted by atomic mass is 32.2. The minimum Gasteiger partial charge on any atom is -0.207 e. The SMILES string of the molecule is C=CC1CN(S(=O)(=O)c2ccc(C)cc2)C/C1=C/C(=C)C. The first-order chi connectivity index (χ1) is 9.84. The largest absolute Gasteiger partial charge is 0.243 e. The van der Waals surface area contributed by atoms with Gasteiger partial charge in [0.25, 0.3) is 0 Å². The van der Waals surface area contributed by atoms with E-state index in [1.807, 2.05) is 32.1 Å². The standard InChI is InChI=1S/C17H21NO2S/c1-5-15-11-18(12-16(15)10-13(2)3)21(19,20)17-8-6-14(4)7-9-17/h5-10,15H,1-2,11-12H2,3-4H3/b16-10-. The first-order valence-electron chi connectivity index (χ1n) is 6.90. The van der Waals surface area contributed by atoms with Gasteiger partial charge in [-0.25, -0.2) is 8.42 Å². The highest BCUT2D eigenvalue weighted by molar-refractivity contribution is 7.89. The van der Waals surface area contributed by atoms with E-state index in [4.69, 9.17) is 0 Å². The third-order valence-corrected chi connectivity index (χ3v) is 5.44. The van der Waals surface area contributed by atoms with Crippen LogP contribution in [0.1, 0.15) is 12.5 Å². The number of hydrogen-bond acceptors (Lipinski definition) is 2. The van der Waals surface area contributed by atoms with Crippen LogP contribution in [0, 0.1) is 12.8 Å². The quantitative estimate of drug-likeness (QED) is 0.800. The predicted octanol–water partition coefficient (Wildman–Crippen LogP) is 3.30. The summed E-state index contributed by atoms with van der Waals surface area (Å²) in [5.41, 5.74) is 3.02. The van der Waals surface area contributed by atoms with Gasteiger partial charge in [-0.3, -0.25) is 0 Å². The number of hydrogen-bond donors (Lipinski definition) is 0. The minimum absolute atomic E-state index is 0.0573. The number of benzene rings is 1. The fourth-order valence-corrected chi connectivity index (χ4v) is 3.91. The van der Waals surface area contributed by atoms with E-state index in [2.05, 4.69) is 13.2 Å². The van der Waals surface area contributed by atoms with E-state index in [1.165, 1.54) is 4.31 Å². The Balaban J connectivity index is 2.32. The second-order valence-electron chi connectivity index (χ2n) is 5.52. The molecule has 1 aromatic carbocycles. The molecule has 3 nitrogen and oxygen atoms in total. The van der Waals surface area contributed by atoms with Gasteiger partial charge in [0.2, 0.25) is 10.0 Å². The van der Waals surface area contributed by atoms with Crippen LogP contribution in [0.2, 0.25) is 0 Å². The molecule has 0 amide bonds. The van der Waals surface area contributed by atoms with Gasteiger partial charge in [0, 0.05) is 19.0 Å². The molecule has 0 saturated carbocycles. The van der Waals surface area contributed by atoms with Crippen molar-refractivity contribution in [2.45, 2.75) is 18.7 Å². The Bertz CT molecular complexity index is 684. The Morgan fingerprint density at radius 2 is 1.95 bits per heavy atom. The van der Waals surface area contributed by atoms with Crippen LogP contribution in [0.5, 0.6) is 0 Å². The third-order valence-electron chi connectivity index (χ3n) is 3.61. The molecule has 0 bridgehead atoms. The van der Waals surface area contributed by atoms with Crippen LogP contribution in [0.4, 0.5) is 0 Å². The van der Waals surface area contributed by atoms with Crippen molar-refractivity contribution in [3.8, 4) is 0 Å². The van der Waals surface area contributed by atoms with Gasteiger partial charge in [0.05, 0.1) is 4.90 Å². The molecule has 2 rings (SSSR count). The summed E-state index contributed by atoms with van der Waals surface area (Å²) in [5, 5.41) is 0. The van der Waals surface area contributed by atoms with Crippen molar-refractivity contribution in [3.05, 3.63) is 66.3 Å². The fraction of sp³-hybridized carbons (Fsp3) is 0.294. The van der Waals surface area contributed by atoms with Crippen molar-refractivity contribution >= 4 is 10.0 Å². The van der Waals surface area contributed by atoms with Crippen LogP contribution < -0.4 is 0 Å². The molecule has 1 atom stereocenters. The van der Waals surface area contributed by atoms with Crippen LogP contribution in [-0.2, 0) is 10.0 Å². The van der Waals surface area contributed by atoms with Crippen molar-refractivity contribution in [1.29, 1.82) is 0 Å². The van der Waals surface area contributed by atoms with Crippen molar-refractivity contribution < 1.29 is 8.42 Å². The Morgan fingerprint density at radius 1 is 1.33 bits per heavy atom. The maximum Gasteiger partial charge on any atom is 0.243 e. The van der Waals surface area contributed by atoms with E-state index in [0.717, 1.165) is 16.7 Å². The van der Waals surface area contributed by atoms with Crippen LogP contribution in [0.3, 0.4) is 0 Å². The average Bonchev–Trinajstić information content (AvgIpc) is 2.82. The zero-order valence-electron chi connectivity index (χ0n) is 12.5. The summed E-state index contributed by atoms with van der Waals surface area (Å²) in [7, 11) is -3.45. The first-order valence-corrected chi connectivity index (χ1v) is 8.34. The highest BCUT2D eigenvalue weighted by Crippen LogP contribution is 2.29. The van der Waals surface area contributed by atoms with Crippen LogP contribution in [0.15, 0.2) is 65.6 Å². The summed E-state index contributed by atoms with van der Waals surface area (Å²) in [6.07, 6.45) is 3.76. The molecule has 21 heavy (non-hydrogen) atoms. The monoisotopic (exact) mass is 303 g/mol. The molecule has 1 fully saturated rings. The van der Waals surface area contributed by atoms with Crippen LogP contribution in [0.25, 0.3) is 0 Å². The number of aryl methyl sites for hydroxylation is 1. The normalized spacial score (nSPS) is 21.6. The highest BCUT2D eigenvalue weighted by Gasteiger charge is 2.34. The molecule has 0 radical (unpaired) electrons. The van der Waals surface area contributed by atoms with Gasteiger partial charge in [0.1, 0.15) is 0 Å².